The van der Waals surface area contributed by atoms with E-state index in [2.05, 4.69) is 0 Å². The molecule has 1 aliphatic heterocycles. The molecule has 9 heteroatoms. The van der Waals surface area contributed by atoms with Gasteiger partial charge in [-0.05, 0) is 36.8 Å². The largest absolute Gasteiger partial charge is 0.479 e. The number of carboxylic acids is 1. The van der Waals surface area contributed by atoms with Gasteiger partial charge in [-0.3, -0.25) is 9.69 Å². The maximum absolute atomic E-state index is 13.1. The Morgan fingerprint density at radius 3 is 2.47 bits per heavy atom. The fourth-order valence-electron chi connectivity index (χ4n) is 3.44. The second-order valence-electron chi connectivity index (χ2n) is 7.20. The molecule has 0 radical (unpaired) electrons. The van der Waals surface area contributed by atoms with E-state index >= 15 is 0 Å². The van der Waals surface area contributed by atoms with Gasteiger partial charge in [0.15, 0.2) is 6.04 Å². The first kappa shape index (κ1) is 23.5. The summed E-state index contributed by atoms with van der Waals surface area (Å²) < 4.78 is 11.0. The van der Waals surface area contributed by atoms with Gasteiger partial charge in [-0.25, -0.2) is 9.59 Å². The lowest BCUT2D eigenvalue weighted by molar-refractivity contribution is -0.145. The number of esters is 1. The molecular weight excluding hydrogens is 474 g/mol. The van der Waals surface area contributed by atoms with Gasteiger partial charge in [0, 0.05) is 11.6 Å². The van der Waals surface area contributed by atoms with Crippen LogP contribution in [0.25, 0.3) is 17.4 Å². The molecule has 4 rings (SSSR count). The Bertz CT molecular complexity index is 1280. The highest BCUT2D eigenvalue weighted by atomic mass is 32.2. The highest BCUT2D eigenvalue weighted by molar-refractivity contribution is 8.26. The molecule has 0 aliphatic carbocycles. The lowest BCUT2D eigenvalue weighted by Crippen LogP contribution is -2.37. The van der Waals surface area contributed by atoms with Crippen LogP contribution in [0.2, 0.25) is 0 Å². The Balaban J connectivity index is 1.55. The van der Waals surface area contributed by atoms with Crippen LogP contribution in [-0.2, 0) is 14.3 Å². The molecule has 1 aromatic heterocycles. The molecule has 1 atom stereocenters. The average molecular weight is 494 g/mol. The number of nitrogens with zero attached hydrogens (tertiary/aromatic N) is 1. The number of thiocarbonyl (C=S) groups is 1. The van der Waals surface area contributed by atoms with E-state index in [4.69, 9.17) is 21.4 Å². The average Bonchev–Trinajstić information content (AvgIpc) is 3.40. The van der Waals surface area contributed by atoms with Crippen molar-refractivity contribution < 1.29 is 28.6 Å². The third-order valence-electron chi connectivity index (χ3n) is 5.01. The number of thioether (sulfide) groups is 1. The number of carbonyl (C=O) groups excluding carboxylic acids is 2. The van der Waals surface area contributed by atoms with Gasteiger partial charge in [0.05, 0.1) is 17.1 Å². The van der Waals surface area contributed by atoms with E-state index in [9.17, 15) is 19.5 Å². The van der Waals surface area contributed by atoms with Gasteiger partial charge < -0.3 is 14.3 Å². The second-order valence-corrected chi connectivity index (χ2v) is 8.88. The van der Waals surface area contributed by atoms with Gasteiger partial charge in [0.2, 0.25) is 0 Å². The predicted octanol–water partition coefficient (Wildman–Crippen LogP) is 5.15. The molecule has 1 amide bonds. The minimum Gasteiger partial charge on any atom is -0.479 e. The zero-order chi connectivity index (χ0) is 24.2. The monoisotopic (exact) mass is 493 g/mol. The van der Waals surface area contributed by atoms with E-state index in [0.717, 1.165) is 22.2 Å². The number of aliphatic carboxylic acids is 1. The Morgan fingerprint density at radius 2 is 1.82 bits per heavy atom. The van der Waals surface area contributed by atoms with E-state index in [-0.39, 0.29) is 9.23 Å². The van der Waals surface area contributed by atoms with Crippen molar-refractivity contribution in [2.45, 2.75) is 13.0 Å². The Kier molecular flexibility index (Phi) is 6.95. The van der Waals surface area contributed by atoms with Crippen LogP contribution in [0, 0.1) is 0 Å². The number of amides is 1. The molecule has 0 spiro atoms. The van der Waals surface area contributed by atoms with Crippen LogP contribution in [0.3, 0.4) is 0 Å². The molecule has 3 aromatic rings. The number of carbonyl (C=O) groups is 3. The first-order valence-electron chi connectivity index (χ1n) is 10.3. The first-order valence-corrected chi connectivity index (χ1v) is 11.5. The zero-order valence-corrected chi connectivity index (χ0v) is 19.6. The zero-order valence-electron chi connectivity index (χ0n) is 18.0. The summed E-state index contributed by atoms with van der Waals surface area (Å²) in [5, 5.41) is 9.78. The van der Waals surface area contributed by atoms with Gasteiger partial charge in [-0.15, -0.1) is 0 Å². The van der Waals surface area contributed by atoms with Crippen LogP contribution in [-0.4, -0.2) is 38.8 Å². The quantitative estimate of drug-likeness (QED) is 0.274. The summed E-state index contributed by atoms with van der Waals surface area (Å²) in [7, 11) is 0. The topological polar surface area (TPSA) is 97.0 Å². The number of furan rings is 1. The molecule has 1 aliphatic rings. The van der Waals surface area contributed by atoms with Crippen molar-refractivity contribution in [1.29, 1.82) is 0 Å². The van der Waals surface area contributed by atoms with Crippen molar-refractivity contribution in [3.63, 3.8) is 0 Å². The summed E-state index contributed by atoms with van der Waals surface area (Å²) >= 11 is 6.36. The maximum atomic E-state index is 13.1. The molecule has 1 fully saturated rings. The van der Waals surface area contributed by atoms with Crippen molar-refractivity contribution in [1.82, 2.24) is 4.90 Å². The summed E-state index contributed by atoms with van der Waals surface area (Å²) in [6, 6.07) is 17.5. The lowest BCUT2D eigenvalue weighted by atomic mass is 10.1. The van der Waals surface area contributed by atoms with E-state index in [1.165, 1.54) is 0 Å². The Labute approximate surface area is 205 Å². The Hall–Kier alpha value is -3.69. The first-order chi connectivity index (χ1) is 16.4. The SMILES string of the molecule is CCOC(=O)c1ccc(-c2ccc(/C=C3\SC(=S)N([C@H](C(=O)O)c4ccccc4)C3=O)o2)cc1. The highest BCUT2D eigenvalue weighted by Crippen LogP contribution is 2.38. The standard InChI is InChI=1S/C25H19NO6S2/c1-2-31-24(30)17-10-8-15(9-11-17)19-13-12-18(32-19)14-20-22(27)26(25(33)34-20)21(23(28)29)16-6-4-3-5-7-16/h3-14,21H,2H2,1H3,(H,28,29)/b20-14-/t21-/m0/s1. The smallest absolute Gasteiger partial charge is 0.338 e. The molecule has 7 nitrogen and oxygen atoms in total. The molecule has 0 unspecified atom stereocenters. The minimum atomic E-state index is -1.22. The van der Waals surface area contributed by atoms with Gasteiger partial charge in [0.1, 0.15) is 15.8 Å². The molecule has 2 aromatic carbocycles. The lowest BCUT2D eigenvalue weighted by Gasteiger charge is -2.23. The number of hydrogen-bond donors (Lipinski definition) is 1. The normalized spacial score (nSPS) is 15.6. The van der Waals surface area contributed by atoms with Gasteiger partial charge in [-0.1, -0.05) is 66.4 Å². The summed E-state index contributed by atoms with van der Waals surface area (Å²) in [6.45, 7) is 2.04. The van der Waals surface area contributed by atoms with Crippen LogP contribution in [0.15, 0.2) is 76.1 Å². The third-order valence-corrected chi connectivity index (χ3v) is 6.34. The summed E-state index contributed by atoms with van der Waals surface area (Å²) in [6.07, 6.45) is 1.54. The molecule has 2 heterocycles. The Morgan fingerprint density at radius 1 is 1.12 bits per heavy atom. The van der Waals surface area contributed by atoms with Crippen molar-refractivity contribution in [2.75, 3.05) is 6.61 Å². The molecular formula is C25H19NO6S2. The molecule has 1 N–H and O–H groups in total. The van der Waals surface area contributed by atoms with Crippen molar-refractivity contribution >= 4 is 52.2 Å². The van der Waals surface area contributed by atoms with Gasteiger partial charge in [-0.2, -0.15) is 0 Å². The summed E-state index contributed by atoms with van der Waals surface area (Å²) in [5.74, 6) is -1.11. The number of hydrogen-bond acceptors (Lipinski definition) is 7. The van der Waals surface area contributed by atoms with Crippen LogP contribution >= 0.6 is 24.0 Å². The molecule has 0 saturated carbocycles. The van der Waals surface area contributed by atoms with Crippen LogP contribution in [0.4, 0.5) is 0 Å². The molecule has 34 heavy (non-hydrogen) atoms. The van der Waals surface area contributed by atoms with E-state index in [1.54, 1.807) is 79.7 Å². The minimum absolute atomic E-state index is 0.161. The van der Waals surface area contributed by atoms with E-state index < -0.39 is 23.9 Å². The number of carboxylic acid groups (broad SMARTS) is 1. The fraction of sp³-hybridized carbons (Fsp3) is 0.120. The summed E-state index contributed by atoms with van der Waals surface area (Å²) in [5.41, 5.74) is 1.64. The maximum Gasteiger partial charge on any atom is 0.338 e. The molecule has 0 bridgehead atoms. The molecule has 172 valence electrons. The van der Waals surface area contributed by atoms with Gasteiger partial charge >= 0.3 is 11.9 Å². The number of rotatable bonds is 7. The van der Waals surface area contributed by atoms with Gasteiger partial charge in [0.25, 0.3) is 5.91 Å². The number of ether oxygens (including phenoxy) is 1. The highest BCUT2D eigenvalue weighted by Gasteiger charge is 2.41. The van der Waals surface area contributed by atoms with Crippen LogP contribution in [0.1, 0.15) is 34.6 Å². The van der Waals surface area contributed by atoms with E-state index in [1.807, 2.05) is 0 Å². The van der Waals surface area contributed by atoms with Crippen molar-refractivity contribution in [3.05, 3.63) is 88.5 Å². The third kappa shape index (κ3) is 4.80. The van der Waals surface area contributed by atoms with Crippen molar-refractivity contribution in [3.8, 4) is 11.3 Å². The predicted molar refractivity (Wildman–Crippen MR) is 132 cm³/mol. The number of benzene rings is 2. The summed E-state index contributed by atoms with van der Waals surface area (Å²) in [4.78, 5) is 38.2. The van der Waals surface area contributed by atoms with E-state index in [0.29, 0.717) is 29.3 Å². The van der Waals surface area contributed by atoms with Crippen LogP contribution < -0.4 is 0 Å². The van der Waals surface area contributed by atoms with Crippen molar-refractivity contribution in [2.24, 2.45) is 0 Å². The second kappa shape index (κ2) is 10.1. The fourth-order valence-corrected chi connectivity index (χ4v) is 4.73. The molecule has 1 saturated heterocycles. The van der Waals surface area contributed by atoms with Crippen LogP contribution in [0.5, 0.6) is 0 Å².